The maximum absolute atomic E-state index is 11.8. The lowest BCUT2D eigenvalue weighted by Gasteiger charge is -2.21. The van der Waals surface area contributed by atoms with Crippen molar-refractivity contribution >= 4 is 33.8 Å². The average Bonchev–Trinajstić information content (AvgIpc) is 2.79. The number of carbonyl (C=O) groups excluding carboxylic acids is 3. The molecule has 22 heavy (non-hydrogen) atoms. The Bertz CT molecular complexity index is 565. The Labute approximate surface area is 136 Å². The molecule has 3 amide bonds. The van der Waals surface area contributed by atoms with E-state index in [0.29, 0.717) is 4.47 Å². The fourth-order valence-corrected chi connectivity index (χ4v) is 1.69. The third-order valence-electron chi connectivity index (χ3n) is 2.32. The number of amides is 3. The van der Waals surface area contributed by atoms with Crippen LogP contribution in [0.5, 0.6) is 0 Å². The van der Waals surface area contributed by atoms with Gasteiger partial charge in [0.25, 0.3) is 11.8 Å². The number of nitrogens with one attached hydrogen (secondary N) is 4. The van der Waals surface area contributed by atoms with Gasteiger partial charge in [0.2, 0.25) is 0 Å². The molecule has 9 heteroatoms. The van der Waals surface area contributed by atoms with E-state index < -0.39 is 29.6 Å². The van der Waals surface area contributed by atoms with Crippen molar-refractivity contribution in [2.75, 3.05) is 0 Å². The lowest BCUT2D eigenvalue weighted by Crippen LogP contribution is -2.51. The van der Waals surface area contributed by atoms with Crippen LogP contribution < -0.4 is 16.2 Å². The Kier molecular flexibility index (Phi) is 5.98. The Morgan fingerprint density at radius 2 is 1.91 bits per heavy atom. The molecule has 0 fully saturated rings. The summed E-state index contributed by atoms with van der Waals surface area (Å²) in [5.74, 6) is -1.09. The van der Waals surface area contributed by atoms with Gasteiger partial charge in [0, 0.05) is 10.7 Å². The number of hydrazine groups is 1. The normalized spacial score (nSPS) is 12.2. The van der Waals surface area contributed by atoms with Gasteiger partial charge in [-0.3, -0.25) is 20.4 Å². The van der Waals surface area contributed by atoms with E-state index in [0.717, 1.165) is 0 Å². The second-order valence-corrected chi connectivity index (χ2v) is 6.46. The maximum Gasteiger partial charge on any atom is 0.408 e. The molecule has 8 nitrogen and oxygen atoms in total. The first-order chi connectivity index (χ1) is 10.1. The maximum atomic E-state index is 11.8. The summed E-state index contributed by atoms with van der Waals surface area (Å²) < 4.78 is 5.74. The molecule has 1 aromatic rings. The fraction of sp³-hybridized carbons (Fsp3) is 0.462. The standard InChI is InChI=1S/C13H19BrN4O4/c1-7(16-12(21)22-13(2,3)4)10(19)17-18-11(20)9-5-8(14)6-15-9/h5-7,15H,1-4H3,(H,16,21)(H,17,19)(H,18,20). The van der Waals surface area contributed by atoms with Crippen LogP contribution in [0.3, 0.4) is 0 Å². The van der Waals surface area contributed by atoms with Gasteiger partial charge in [-0.1, -0.05) is 0 Å². The second kappa shape index (κ2) is 7.30. The molecule has 0 saturated carbocycles. The Morgan fingerprint density at radius 1 is 1.27 bits per heavy atom. The van der Waals surface area contributed by atoms with Crippen LogP contribution in [0.1, 0.15) is 38.2 Å². The molecule has 1 rings (SSSR count). The zero-order valence-electron chi connectivity index (χ0n) is 12.7. The fourth-order valence-electron chi connectivity index (χ4n) is 1.34. The van der Waals surface area contributed by atoms with E-state index >= 15 is 0 Å². The van der Waals surface area contributed by atoms with Gasteiger partial charge in [0.05, 0.1) is 0 Å². The first kappa shape index (κ1) is 18.0. The molecule has 0 spiro atoms. The summed E-state index contributed by atoms with van der Waals surface area (Å²) in [5, 5.41) is 2.36. The van der Waals surface area contributed by atoms with Crippen LogP contribution in [0.15, 0.2) is 16.7 Å². The minimum atomic E-state index is -0.870. The minimum absolute atomic E-state index is 0.278. The predicted octanol–water partition coefficient (Wildman–Crippen LogP) is 1.45. The largest absolute Gasteiger partial charge is 0.444 e. The Balaban J connectivity index is 2.41. The number of rotatable bonds is 3. The van der Waals surface area contributed by atoms with Crippen molar-refractivity contribution in [2.45, 2.75) is 39.3 Å². The lowest BCUT2D eigenvalue weighted by atomic mass is 10.2. The van der Waals surface area contributed by atoms with Gasteiger partial charge < -0.3 is 15.0 Å². The molecule has 122 valence electrons. The van der Waals surface area contributed by atoms with E-state index in [4.69, 9.17) is 4.74 Å². The molecule has 1 atom stereocenters. The van der Waals surface area contributed by atoms with Crippen molar-refractivity contribution in [1.82, 2.24) is 21.2 Å². The summed E-state index contributed by atoms with van der Waals surface area (Å²) in [4.78, 5) is 37.7. The van der Waals surface area contributed by atoms with E-state index in [1.807, 2.05) is 0 Å². The van der Waals surface area contributed by atoms with E-state index in [9.17, 15) is 14.4 Å². The van der Waals surface area contributed by atoms with E-state index in [2.05, 4.69) is 37.1 Å². The van der Waals surface area contributed by atoms with Crippen molar-refractivity contribution in [3.05, 3.63) is 22.4 Å². The minimum Gasteiger partial charge on any atom is -0.444 e. The number of ether oxygens (including phenoxy) is 1. The molecule has 4 N–H and O–H groups in total. The first-order valence-electron chi connectivity index (χ1n) is 6.52. The van der Waals surface area contributed by atoms with Gasteiger partial charge in [-0.05, 0) is 49.7 Å². The van der Waals surface area contributed by atoms with Gasteiger partial charge in [-0.15, -0.1) is 0 Å². The SMILES string of the molecule is CC(NC(=O)OC(C)(C)C)C(=O)NNC(=O)c1cc(Br)c[nH]1. The number of carbonyl (C=O) groups is 3. The molecule has 0 aliphatic rings. The zero-order valence-corrected chi connectivity index (χ0v) is 14.3. The van der Waals surface area contributed by atoms with Crippen molar-refractivity contribution < 1.29 is 19.1 Å². The summed E-state index contributed by atoms with van der Waals surface area (Å²) in [6.45, 7) is 6.61. The lowest BCUT2D eigenvalue weighted by molar-refractivity contribution is -0.123. The highest BCUT2D eigenvalue weighted by atomic mass is 79.9. The molecule has 0 radical (unpaired) electrons. The molecule has 1 heterocycles. The number of halogens is 1. The summed E-state index contributed by atoms with van der Waals surface area (Å²) in [6.07, 6.45) is 0.874. The summed E-state index contributed by atoms with van der Waals surface area (Å²) in [6, 6.07) is 0.690. The van der Waals surface area contributed by atoms with E-state index in [1.165, 1.54) is 6.92 Å². The van der Waals surface area contributed by atoms with Gasteiger partial charge in [-0.25, -0.2) is 4.79 Å². The van der Waals surface area contributed by atoms with Crippen LogP contribution in [0.4, 0.5) is 4.79 Å². The van der Waals surface area contributed by atoms with E-state index in [-0.39, 0.29) is 5.69 Å². The number of H-pyrrole nitrogens is 1. The van der Waals surface area contributed by atoms with Crippen LogP contribution in [0.25, 0.3) is 0 Å². The third kappa shape index (κ3) is 6.17. The van der Waals surface area contributed by atoms with Crippen LogP contribution in [-0.2, 0) is 9.53 Å². The van der Waals surface area contributed by atoms with Crippen LogP contribution >= 0.6 is 15.9 Å². The second-order valence-electron chi connectivity index (χ2n) is 5.54. The molecule has 0 aliphatic heterocycles. The highest BCUT2D eigenvalue weighted by Crippen LogP contribution is 2.10. The van der Waals surface area contributed by atoms with Gasteiger partial charge >= 0.3 is 6.09 Å². The number of aromatic nitrogens is 1. The topological polar surface area (TPSA) is 112 Å². The van der Waals surface area contributed by atoms with Gasteiger partial charge in [0.15, 0.2) is 0 Å². The van der Waals surface area contributed by atoms with Gasteiger partial charge in [0.1, 0.15) is 17.3 Å². The van der Waals surface area contributed by atoms with Crippen LogP contribution in [-0.4, -0.2) is 34.5 Å². The summed E-state index contributed by atoms with van der Waals surface area (Å²) in [7, 11) is 0. The number of aromatic amines is 1. The number of alkyl carbamates (subject to hydrolysis) is 1. The Hall–Kier alpha value is -2.03. The third-order valence-corrected chi connectivity index (χ3v) is 2.78. The smallest absolute Gasteiger partial charge is 0.408 e. The Morgan fingerprint density at radius 3 is 2.41 bits per heavy atom. The number of hydrogen-bond donors (Lipinski definition) is 4. The average molecular weight is 375 g/mol. The van der Waals surface area contributed by atoms with Crippen LogP contribution in [0, 0.1) is 0 Å². The molecule has 0 saturated heterocycles. The van der Waals surface area contributed by atoms with Crippen LogP contribution in [0.2, 0.25) is 0 Å². The van der Waals surface area contributed by atoms with Crippen molar-refractivity contribution in [2.24, 2.45) is 0 Å². The monoisotopic (exact) mass is 374 g/mol. The van der Waals surface area contributed by atoms with Crippen molar-refractivity contribution in [1.29, 1.82) is 0 Å². The number of hydrogen-bond acceptors (Lipinski definition) is 4. The molecular weight excluding hydrogens is 356 g/mol. The summed E-state index contributed by atoms with van der Waals surface area (Å²) in [5.41, 5.74) is 4.07. The van der Waals surface area contributed by atoms with Crippen molar-refractivity contribution in [3.8, 4) is 0 Å². The quantitative estimate of drug-likeness (QED) is 0.599. The summed E-state index contributed by atoms with van der Waals surface area (Å²) >= 11 is 3.19. The molecule has 0 aliphatic carbocycles. The zero-order chi connectivity index (χ0) is 16.9. The molecule has 0 bridgehead atoms. The predicted molar refractivity (Wildman–Crippen MR) is 82.9 cm³/mol. The highest BCUT2D eigenvalue weighted by molar-refractivity contribution is 9.10. The molecule has 0 aromatic carbocycles. The van der Waals surface area contributed by atoms with Crippen molar-refractivity contribution in [3.63, 3.8) is 0 Å². The molecule has 1 unspecified atom stereocenters. The van der Waals surface area contributed by atoms with E-state index in [1.54, 1.807) is 33.0 Å². The first-order valence-corrected chi connectivity index (χ1v) is 7.31. The van der Waals surface area contributed by atoms with Gasteiger partial charge in [-0.2, -0.15) is 0 Å². The molecular formula is C13H19BrN4O4. The molecule has 1 aromatic heterocycles. The highest BCUT2D eigenvalue weighted by Gasteiger charge is 2.21.